The molecule has 2 aliphatic carbocycles. The molecule has 252 valence electrons. The smallest absolute Gasteiger partial charge is 0.496 e. The first-order valence-corrected chi connectivity index (χ1v) is 15.8. The van der Waals surface area contributed by atoms with E-state index in [0.29, 0.717) is 38.2 Å². The number of sulfone groups is 1. The highest BCUT2D eigenvalue weighted by Crippen LogP contribution is 2.39. The van der Waals surface area contributed by atoms with E-state index in [1.165, 1.54) is 20.3 Å². The molecule has 0 radical (unpaired) electrons. The Morgan fingerprint density at radius 1 is 1.00 bits per heavy atom. The van der Waals surface area contributed by atoms with E-state index < -0.39 is 73.4 Å². The Labute approximate surface area is 262 Å². The normalized spacial score (nSPS) is 25.0. The van der Waals surface area contributed by atoms with E-state index in [1.54, 1.807) is 6.92 Å². The lowest BCUT2D eigenvalue weighted by Crippen LogP contribution is -2.48. The number of rotatable bonds is 10. The Hall–Kier alpha value is -3.92. The zero-order chi connectivity index (χ0) is 34.0. The minimum absolute atomic E-state index is 0.115. The number of carbonyl (C=O) groups excluding carboxylic acids is 2. The Balaban J connectivity index is 1.52. The minimum Gasteiger partial charge on any atom is -0.496 e. The molecule has 4 rings (SSSR count). The quantitative estimate of drug-likeness (QED) is 0.304. The number of hydrogen-bond donors (Lipinski definition) is 3. The summed E-state index contributed by atoms with van der Waals surface area (Å²) in [6.45, 7) is 1.64. The van der Waals surface area contributed by atoms with Crippen molar-refractivity contribution in [3.05, 3.63) is 47.8 Å². The lowest BCUT2D eigenvalue weighted by molar-refractivity contribution is -0.150. The van der Waals surface area contributed by atoms with E-state index in [2.05, 4.69) is 10.6 Å². The molecule has 0 bridgehead atoms. The van der Waals surface area contributed by atoms with Crippen LogP contribution < -0.4 is 20.1 Å². The van der Waals surface area contributed by atoms with Crippen LogP contribution >= 0.6 is 0 Å². The van der Waals surface area contributed by atoms with E-state index in [4.69, 9.17) is 14.2 Å². The van der Waals surface area contributed by atoms with E-state index in [0.717, 1.165) is 24.3 Å². The molecule has 2 fully saturated rings. The maximum Gasteiger partial charge on any atom is 0.501 e. The second-order valence-electron chi connectivity index (χ2n) is 11.6. The largest absolute Gasteiger partial charge is 0.501 e. The summed E-state index contributed by atoms with van der Waals surface area (Å²) in [7, 11) is -3.05. The number of benzene rings is 2. The maximum atomic E-state index is 15.0. The number of methoxy groups -OCH3 is 2. The summed E-state index contributed by atoms with van der Waals surface area (Å²) in [5.41, 5.74) is -6.76. The van der Waals surface area contributed by atoms with Gasteiger partial charge in [0, 0.05) is 18.9 Å². The Kier molecular flexibility index (Phi) is 10.2. The third kappa shape index (κ3) is 7.22. The lowest BCUT2D eigenvalue weighted by Gasteiger charge is -2.34. The third-order valence-electron chi connectivity index (χ3n) is 8.59. The number of nitrogens with one attached hydrogen (secondary N) is 2. The molecule has 46 heavy (non-hydrogen) atoms. The van der Waals surface area contributed by atoms with Gasteiger partial charge in [0.15, 0.2) is 11.6 Å². The standard InChI is InChI=1S/C30H34F4N2O9S/c1-29(28(39)40)11-9-17(10-12-29)45-24-14-20(23(44-3)15-21(24)31)27(38)36-25-19(7-8-22(25)43-2)26(37)35-16-5-4-6-18(13-16)46(41,42)30(32,33)34/h4-6,13-15,17,19,22,25H,7-12H2,1-3H3,(H,35,37)(H,36,38)(H,39,40)/t17-,19?,22-,25?,29+/m1/s1. The molecule has 2 aromatic rings. The van der Waals surface area contributed by atoms with Crippen LogP contribution in [0.3, 0.4) is 0 Å². The van der Waals surface area contributed by atoms with Gasteiger partial charge < -0.3 is 30.0 Å². The predicted molar refractivity (Wildman–Crippen MR) is 155 cm³/mol. The fourth-order valence-electron chi connectivity index (χ4n) is 5.76. The topological polar surface area (TPSA) is 157 Å². The van der Waals surface area contributed by atoms with Gasteiger partial charge in [0.1, 0.15) is 5.75 Å². The Morgan fingerprint density at radius 3 is 2.26 bits per heavy atom. The van der Waals surface area contributed by atoms with Gasteiger partial charge in [-0.15, -0.1) is 0 Å². The number of carboxylic acid groups (broad SMARTS) is 1. The van der Waals surface area contributed by atoms with Gasteiger partial charge in [-0.25, -0.2) is 12.8 Å². The van der Waals surface area contributed by atoms with Crippen LogP contribution in [-0.4, -0.2) is 69.3 Å². The Morgan fingerprint density at radius 2 is 1.67 bits per heavy atom. The van der Waals surface area contributed by atoms with Crippen molar-refractivity contribution in [3.8, 4) is 11.5 Å². The van der Waals surface area contributed by atoms with Gasteiger partial charge in [0.2, 0.25) is 5.91 Å². The van der Waals surface area contributed by atoms with Gasteiger partial charge in [0.05, 0.1) is 47.2 Å². The third-order valence-corrected chi connectivity index (χ3v) is 10.1. The average molecular weight is 675 g/mol. The van der Waals surface area contributed by atoms with E-state index in [-0.39, 0.29) is 29.2 Å². The number of ether oxygens (including phenoxy) is 3. The van der Waals surface area contributed by atoms with Crippen molar-refractivity contribution in [1.82, 2.24) is 5.32 Å². The van der Waals surface area contributed by atoms with Crippen molar-refractivity contribution in [2.75, 3.05) is 19.5 Å². The van der Waals surface area contributed by atoms with Crippen LogP contribution in [0.4, 0.5) is 23.2 Å². The molecule has 0 spiro atoms. The summed E-state index contributed by atoms with van der Waals surface area (Å²) in [5, 5.41) is 14.6. The predicted octanol–water partition coefficient (Wildman–Crippen LogP) is 4.70. The molecular formula is C30H34F4N2O9S. The van der Waals surface area contributed by atoms with Crippen molar-refractivity contribution >= 4 is 33.3 Å². The molecule has 2 aliphatic rings. The van der Waals surface area contributed by atoms with Crippen LogP contribution in [0, 0.1) is 17.2 Å². The fourth-order valence-corrected chi connectivity index (χ4v) is 6.57. The number of halogens is 4. The number of amides is 2. The molecule has 2 saturated carbocycles. The first-order chi connectivity index (χ1) is 21.5. The highest BCUT2D eigenvalue weighted by molar-refractivity contribution is 7.92. The monoisotopic (exact) mass is 674 g/mol. The van der Waals surface area contributed by atoms with Gasteiger partial charge in [0.25, 0.3) is 15.7 Å². The van der Waals surface area contributed by atoms with Crippen molar-refractivity contribution < 1.29 is 59.7 Å². The molecule has 11 nitrogen and oxygen atoms in total. The van der Waals surface area contributed by atoms with Gasteiger partial charge in [-0.2, -0.15) is 13.2 Å². The second-order valence-corrected chi connectivity index (χ2v) is 13.5. The molecule has 3 N–H and O–H groups in total. The van der Waals surface area contributed by atoms with Crippen molar-refractivity contribution in [2.45, 2.75) is 74.1 Å². The van der Waals surface area contributed by atoms with Crippen molar-refractivity contribution in [2.24, 2.45) is 11.3 Å². The zero-order valence-electron chi connectivity index (χ0n) is 25.1. The number of carbonyl (C=O) groups is 3. The maximum absolute atomic E-state index is 15.0. The highest BCUT2D eigenvalue weighted by atomic mass is 32.2. The molecule has 2 aromatic carbocycles. The van der Waals surface area contributed by atoms with E-state index in [1.807, 2.05) is 0 Å². The van der Waals surface area contributed by atoms with Crippen LogP contribution in [0.5, 0.6) is 11.5 Å². The van der Waals surface area contributed by atoms with Gasteiger partial charge in [-0.1, -0.05) is 6.07 Å². The number of alkyl halides is 3. The first kappa shape index (κ1) is 34.9. The van der Waals surface area contributed by atoms with Crippen molar-refractivity contribution in [3.63, 3.8) is 0 Å². The second kappa shape index (κ2) is 13.4. The summed E-state index contributed by atoms with van der Waals surface area (Å²) in [5.74, 6) is -4.49. The van der Waals surface area contributed by atoms with Crippen LogP contribution in [0.15, 0.2) is 41.3 Å². The van der Waals surface area contributed by atoms with E-state index >= 15 is 0 Å². The summed E-state index contributed by atoms with van der Waals surface area (Å²) >= 11 is 0. The summed E-state index contributed by atoms with van der Waals surface area (Å²) in [6, 6.07) is 4.92. The molecule has 0 aliphatic heterocycles. The fraction of sp³-hybridized carbons (Fsp3) is 0.500. The summed E-state index contributed by atoms with van der Waals surface area (Å²) in [4.78, 5) is 37.3. The van der Waals surface area contributed by atoms with Crippen molar-refractivity contribution in [1.29, 1.82) is 0 Å². The molecule has 0 saturated heterocycles. The number of aliphatic carboxylic acids is 1. The SMILES string of the molecule is COc1cc(F)c(O[C@H]2CC[C@@](C)(C(=O)O)CC2)cc1C(=O)NC1C(C(=O)Nc2cccc(S(=O)(=O)C(F)(F)F)c2)CC[C@H]1OC. The average Bonchev–Trinajstić information content (AvgIpc) is 3.41. The van der Waals surface area contributed by atoms with Gasteiger partial charge in [-0.05, 0) is 69.7 Å². The van der Waals surface area contributed by atoms with Gasteiger partial charge >= 0.3 is 11.5 Å². The summed E-state index contributed by atoms with van der Waals surface area (Å²) in [6.07, 6.45) is 0.759. The summed E-state index contributed by atoms with van der Waals surface area (Å²) < 4.78 is 94.3. The number of hydrogen-bond acceptors (Lipinski definition) is 8. The molecule has 2 unspecified atom stereocenters. The van der Waals surface area contributed by atoms with Crippen LogP contribution in [-0.2, 0) is 24.2 Å². The highest BCUT2D eigenvalue weighted by Gasteiger charge is 2.47. The van der Waals surface area contributed by atoms with Crippen LogP contribution in [0.2, 0.25) is 0 Å². The minimum atomic E-state index is -5.66. The number of carboxylic acids is 1. The molecule has 0 aromatic heterocycles. The van der Waals surface area contributed by atoms with E-state index in [9.17, 15) is 45.5 Å². The molecule has 0 heterocycles. The molecule has 16 heteroatoms. The molecule has 2 amide bonds. The Bertz CT molecular complexity index is 1590. The van der Waals surface area contributed by atoms with Gasteiger partial charge in [-0.3, -0.25) is 14.4 Å². The van der Waals surface area contributed by atoms with Crippen LogP contribution in [0.25, 0.3) is 0 Å². The molecule has 3 atom stereocenters. The molecular weight excluding hydrogens is 640 g/mol. The lowest BCUT2D eigenvalue weighted by atomic mass is 9.75. The first-order valence-electron chi connectivity index (χ1n) is 14.3. The number of anilines is 1. The zero-order valence-corrected chi connectivity index (χ0v) is 26.0. The van der Waals surface area contributed by atoms with Crippen LogP contribution in [0.1, 0.15) is 55.8 Å².